The number of aliphatic hydroxyl groups is 2. The molecule has 0 aromatic carbocycles. The Kier molecular flexibility index (Phi) is 5.38. The fourth-order valence-corrected chi connectivity index (χ4v) is 3.11. The van der Waals surface area contributed by atoms with E-state index >= 15 is 0 Å². The van der Waals surface area contributed by atoms with Crippen molar-refractivity contribution in [2.45, 2.75) is 56.7 Å². The average Bonchev–Trinajstić information content (AvgIpc) is 2.21. The van der Waals surface area contributed by atoms with Crippen LogP contribution in [0.5, 0.6) is 0 Å². The van der Waals surface area contributed by atoms with Crippen molar-refractivity contribution >= 4 is 16.1 Å². The second-order valence-corrected chi connectivity index (χ2v) is 7.38. The van der Waals surface area contributed by atoms with E-state index in [2.05, 4.69) is 4.74 Å². The molecule has 21 heavy (non-hydrogen) atoms. The zero-order valence-electron chi connectivity index (χ0n) is 12.5. The third kappa shape index (κ3) is 5.87. The monoisotopic (exact) mass is 326 g/mol. The molecular weight excluding hydrogens is 304 g/mol. The first-order valence-corrected chi connectivity index (χ1v) is 8.25. The topological polar surface area (TPSA) is 119 Å². The van der Waals surface area contributed by atoms with Gasteiger partial charge in [-0.3, -0.25) is 4.18 Å². The highest BCUT2D eigenvalue weighted by molar-refractivity contribution is 7.86. The van der Waals surface area contributed by atoms with Gasteiger partial charge in [0, 0.05) is 19.3 Å². The number of ether oxygens (including phenoxy) is 2. The van der Waals surface area contributed by atoms with E-state index in [1.54, 1.807) is 0 Å². The van der Waals surface area contributed by atoms with E-state index in [1.807, 2.05) is 0 Å². The van der Waals surface area contributed by atoms with Gasteiger partial charge >= 0.3 is 5.97 Å². The van der Waals surface area contributed by atoms with Gasteiger partial charge in [0.1, 0.15) is 0 Å². The largest absolute Gasteiger partial charge is 0.467 e. The summed E-state index contributed by atoms with van der Waals surface area (Å²) in [6.45, 7) is 2.79. The fourth-order valence-electron chi connectivity index (χ4n) is 2.47. The molecule has 0 unspecified atom stereocenters. The highest BCUT2D eigenvalue weighted by Crippen LogP contribution is 2.35. The Bertz CT molecular complexity index is 480. The van der Waals surface area contributed by atoms with Gasteiger partial charge in [-0.15, -0.1) is 0 Å². The van der Waals surface area contributed by atoms with Crippen molar-refractivity contribution in [3.63, 3.8) is 0 Å². The SMILES string of the molecule is COC(=O)[C@]1(O)C[C@@H](OC(C)(C)O)C[C@H](OS(C)(=O)=O)C1. The molecule has 1 fully saturated rings. The number of methoxy groups -OCH3 is 1. The van der Waals surface area contributed by atoms with Crippen molar-refractivity contribution in [3.05, 3.63) is 0 Å². The standard InChI is InChI=1S/C12H22O8S/c1-11(2,14)19-8-5-9(20-21(4,16)17)7-12(15,6-8)10(13)18-3/h8-9,14-15H,5-7H2,1-4H3/t8-,9-,12-/m0/s1. The summed E-state index contributed by atoms with van der Waals surface area (Å²) in [5, 5.41) is 20.0. The number of hydrogen-bond acceptors (Lipinski definition) is 8. The van der Waals surface area contributed by atoms with Crippen molar-refractivity contribution in [2.24, 2.45) is 0 Å². The number of rotatable bonds is 5. The van der Waals surface area contributed by atoms with E-state index in [9.17, 15) is 23.4 Å². The van der Waals surface area contributed by atoms with E-state index in [-0.39, 0.29) is 19.3 Å². The van der Waals surface area contributed by atoms with Crippen LogP contribution in [0.1, 0.15) is 33.1 Å². The first-order chi connectivity index (χ1) is 9.35. The molecule has 9 heteroatoms. The minimum absolute atomic E-state index is 0.118. The van der Waals surface area contributed by atoms with Crippen LogP contribution in [0.15, 0.2) is 0 Å². The van der Waals surface area contributed by atoms with Gasteiger partial charge in [-0.2, -0.15) is 8.42 Å². The van der Waals surface area contributed by atoms with E-state index in [4.69, 9.17) is 8.92 Å². The van der Waals surface area contributed by atoms with Gasteiger partial charge in [0.05, 0.1) is 25.6 Å². The Morgan fingerprint density at radius 3 is 2.24 bits per heavy atom. The van der Waals surface area contributed by atoms with Crippen LogP contribution >= 0.6 is 0 Å². The van der Waals surface area contributed by atoms with E-state index in [1.165, 1.54) is 13.8 Å². The molecule has 0 aromatic rings. The lowest BCUT2D eigenvalue weighted by molar-refractivity contribution is -0.233. The summed E-state index contributed by atoms with van der Waals surface area (Å²) in [5.74, 6) is -2.39. The molecule has 0 saturated heterocycles. The third-order valence-electron chi connectivity index (χ3n) is 2.99. The molecule has 0 bridgehead atoms. The molecule has 1 saturated carbocycles. The summed E-state index contributed by atoms with van der Waals surface area (Å²) in [6.07, 6.45) is -1.04. The van der Waals surface area contributed by atoms with Crippen LogP contribution in [0.25, 0.3) is 0 Å². The number of carbonyl (C=O) groups is 1. The minimum atomic E-state index is -3.75. The number of esters is 1. The van der Waals surface area contributed by atoms with Gasteiger partial charge in [0.15, 0.2) is 11.4 Å². The van der Waals surface area contributed by atoms with Gasteiger partial charge in [0.2, 0.25) is 0 Å². The molecule has 3 atom stereocenters. The predicted octanol–water partition coefficient (Wildman–Crippen LogP) is -0.467. The van der Waals surface area contributed by atoms with E-state index in [0.717, 1.165) is 13.4 Å². The average molecular weight is 326 g/mol. The molecule has 1 aliphatic rings. The Morgan fingerprint density at radius 1 is 1.29 bits per heavy atom. The molecule has 0 radical (unpaired) electrons. The van der Waals surface area contributed by atoms with Crippen LogP contribution in [0.4, 0.5) is 0 Å². The maximum atomic E-state index is 11.7. The zero-order valence-corrected chi connectivity index (χ0v) is 13.3. The highest BCUT2D eigenvalue weighted by Gasteiger charge is 2.48. The summed E-state index contributed by atoms with van der Waals surface area (Å²) < 4.78 is 37.2. The van der Waals surface area contributed by atoms with E-state index < -0.39 is 39.7 Å². The van der Waals surface area contributed by atoms with Crippen LogP contribution in [-0.2, 0) is 28.6 Å². The maximum Gasteiger partial charge on any atom is 0.338 e. The van der Waals surface area contributed by atoms with Gasteiger partial charge in [-0.05, 0) is 13.8 Å². The van der Waals surface area contributed by atoms with Gasteiger partial charge in [-0.25, -0.2) is 4.79 Å². The molecule has 8 nitrogen and oxygen atoms in total. The summed E-state index contributed by atoms with van der Waals surface area (Å²) in [7, 11) is -2.64. The normalized spacial score (nSPS) is 31.0. The lowest BCUT2D eigenvalue weighted by Crippen LogP contribution is -2.52. The molecule has 0 spiro atoms. The first-order valence-electron chi connectivity index (χ1n) is 6.44. The highest BCUT2D eigenvalue weighted by atomic mass is 32.2. The molecule has 0 amide bonds. The summed E-state index contributed by atoms with van der Waals surface area (Å²) in [6, 6.07) is 0. The quantitative estimate of drug-likeness (QED) is 0.395. The smallest absolute Gasteiger partial charge is 0.338 e. The number of hydrogen-bond donors (Lipinski definition) is 2. The fraction of sp³-hybridized carbons (Fsp3) is 0.917. The number of carbonyl (C=O) groups excluding carboxylic acids is 1. The first kappa shape index (κ1) is 18.3. The van der Waals surface area contributed by atoms with Crippen molar-refractivity contribution in [3.8, 4) is 0 Å². The third-order valence-corrected chi connectivity index (χ3v) is 3.61. The minimum Gasteiger partial charge on any atom is -0.467 e. The lowest BCUT2D eigenvalue weighted by Gasteiger charge is -2.40. The second-order valence-electron chi connectivity index (χ2n) is 5.78. The molecular formula is C12H22O8S. The van der Waals surface area contributed by atoms with Crippen LogP contribution in [0.3, 0.4) is 0 Å². The lowest BCUT2D eigenvalue weighted by atomic mass is 9.81. The van der Waals surface area contributed by atoms with Crippen molar-refractivity contribution in [1.82, 2.24) is 0 Å². The van der Waals surface area contributed by atoms with Gasteiger partial charge in [-0.1, -0.05) is 0 Å². The molecule has 0 aromatic heterocycles. The van der Waals surface area contributed by atoms with Crippen molar-refractivity contribution < 1.29 is 37.1 Å². The van der Waals surface area contributed by atoms with Crippen LogP contribution in [0.2, 0.25) is 0 Å². The molecule has 1 aliphatic carbocycles. The van der Waals surface area contributed by atoms with Gasteiger partial charge < -0.3 is 19.7 Å². The van der Waals surface area contributed by atoms with Crippen molar-refractivity contribution in [1.29, 1.82) is 0 Å². The molecule has 1 rings (SSSR count). The molecule has 0 heterocycles. The zero-order chi connectivity index (χ0) is 16.5. The van der Waals surface area contributed by atoms with Crippen LogP contribution < -0.4 is 0 Å². The van der Waals surface area contributed by atoms with Crippen LogP contribution in [0, 0.1) is 0 Å². The van der Waals surface area contributed by atoms with Gasteiger partial charge in [0.25, 0.3) is 10.1 Å². The van der Waals surface area contributed by atoms with Crippen LogP contribution in [-0.4, -0.2) is 61.6 Å². The molecule has 0 aliphatic heterocycles. The molecule has 2 N–H and O–H groups in total. The van der Waals surface area contributed by atoms with Crippen molar-refractivity contribution in [2.75, 3.05) is 13.4 Å². The summed E-state index contributed by atoms with van der Waals surface area (Å²) >= 11 is 0. The van der Waals surface area contributed by atoms with E-state index in [0.29, 0.717) is 0 Å². The Balaban J connectivity index is 2.95. The predicted molar refractivity (Wildman–Crippen MR) is 71.7 cm³/mol. The Morgan fingerprint density at radius 2 is 1.81 bits per heavy atom. The summed E-state index contributed by atoms with van der Waals surface area (Å²) in [4.78, 5) is 11.7. The molecule has 124 valence electrons. The maximum absolute atomic E-state index is 11.7. The Labute approximate surface area is 124 Å². The second kappa shape index (κ2) is 6.17. The Hall–Kier alpha value is -0.740. The summed E-state index contributed by atoms with van der Waals surface area (Å²) in [5.41, 5.74) is -1.92.